The number of ether oxygens (including phenoxy) is 1. The van der Waals surface area contributed by atoms with Crippen LogP contribution >= 0.6 is 11.6 Å². The van der Waals surface area contributed by atoms with Gasteiger partial charge >= 0.3 is 5.97 Å². The fourth-order valence-corrected chi connectivity index (χ4v) is 4.43. The second kappa shape index (κ2) is 7.13. The molecule has 1 heterocycles. The van der Waals surface area contributed by atoms with Crippen LogP contribution in [0.4, 0.5) is 5.69 Å². The van der Waals surface area contributed by atoms with E-state index < -0.39 is 22.7 Å². The molecule has 1 saturated carbocycles. The zero-order valence-electron chi connectivity index (χ0n) is 16.1. The van der Waals surface area contributed by atoms with Gasteiger partial charge in [-0.3, -0.25) is 19.9 Å². The first kappa shape index (κ1) is 20.2. The highest BCUT2D eigenvalue weighted by Gasteiger charge is 2.49. The maximum atomic E-state index is 13.1. The van der Waals surface area contributed by atoms with Crippen LogP contribution in [0, 0.1) is 21.4 Å². The van der Waals surface area contributed by atoms with E-state index in [0.29, 0.717) is 24.3 Å². The summed E-state index contributed by atoms with van der Waals surface area (Å²) in [5.41, 5.74) is 0.980. The first-order chi connectivity index (χ1) is 13.1. The largest absolute Gasteiger partial charge is 0.466 e. The smallest absolute Gasteiger partial charge is 0.336 e. The van der Waals surface area contributed by atoms with E-state index in [2.05, 4.69) is 4.99 Å². The first-order valence-electron chi connectivity index (χ1n) is 8.89. The van der Waals surface area contributed by atoms with Crippen molar-refractivity contribution >= 4 is 34.8 Å². The van der Waals surface area contributed by atoms with Crippen LogP contribution in [-0.4, -0.2) is 29.5 Å². The molecule has 0 spiro atoms. The Balaban J connectivity index is 2.29. The van der Waals surface area contributed by atoms with E-state index in [0.717, 1.165) is 0 Å². The molecule has 0 radical (unpaired) electrons. The SMILES string of the molecule is COC(=O)C1=C(C)N=C2CC(C)(C)CC(=O)C2C1c1cc(Cl)ccc1[N+](=O)[O-]. The van der Waals surface area contributed by atoms with Gasteiger partial charge in [0, 0.05) is 40.4 Å². The molecule has 2 aliphatic rings. The Morgan fingerprint density at radius 1 is 1.32 bits per heavy atom. The van der Waals surface area contributed by atoms with Gasteiger partial charge in [-0.1, -0.05) is 25.4 Å². The third kappa shape index (κ3) is 3.46. The number of hydrogen-bond acceptors (Lipinski definition) is 6. The lowest BCUT2D eigenvalue weighted by Gasteiger charge is -2.40. The van der Waals surface area contributed by atoms with Crippen molar-refractivity contribution in [3.63, 3.8) is 0 Å². The highest BCUT2D eigenvalue weighted by atomic mass is 35.5. The van der Waals surface area contributed by atoms with E-state index in [-0.39, 0.29) is 33.0 Å². The number of halogens is 1. The number of carbonyl (C=O) groups is 2. The van der Waals surface area contributed by atoms with E-state index in [4.69, 9.17) is 16.3 Å². The van der Waals surface area contributed by atoms with Crippen LogP contribution in [0.3, 0.4) is 0 Å². The molecule has 1 fully saturated rings. The molecule has 28 heavy (non-hydrogen) atoms. The summed E-state index contributed by atoms with van der Waals surface area (Å²) in [5.74, 6) is -2.36. The second-order valence-electron chi connectivity index (χ2n) is 7.99. The van der Waals surface area contributed by atoms with Crippen molar-refractivity contribution in [2.24, 2.45) is 16.3 Å². The third-order valence-electron chi connectivity index (χ3n) is 5.29. The molecule has 1 aliphatic carbocycles. The van der Waals surface area contributed by atoms with Crippen LogP contribution in [0.25, 0.3) is 0 Å². The van der Waals surface area contributed by atoms with Crippen molar-refractivity contribution in [3.8, 4) is 0 Å². The number of aliphatic imine (C=N–C) groups is 1. The molecule has 0 saturated heterocycles. The predicted octanol–water partition coefficient (Wildman–Crippen LogP) is 4.24. The van der Waals surface area contributed by atoms with Crippen molar-refractivity contribution in [3.05, 3.63) is 50.2 Å². The van der Waals surface area contributed by atoms with Crippen LogP contribution in [0.1, 0.15) is 45.1 Å². The van der Waals surface area contributed by atoms with Gasteiger partial charge in [-0.2, -0.15) is 0 Å². The van der Waals surface area contributed by atoms with Gasteiger partial charge in [-0.15, -0.1) is 0 Å². The van der Waals surface area contributed by atoms with Gasteiger partial charge in [-0.25, -0.2) is 4.79 Å². The summed E-state index contributed by atoms with van der Waals surface area (Å²) in [6, 6.07) is 4.17. The highest BCUT2D eigenvalue weighted by Crippen LogP contribution is 2.49. The van der Waals surface area contributed by atoms with Gasteiger partial charge in [-0.05, 0) is 30.9 Å². The summed E-state index contributed by atoms with van der Waals surface area (Å²) >= 11 is 6.13. The van der Waals surface area contributed by atoms with Crippen molar-refractivity contribution in [1.29, 1.82) is 0 Å². The van der Waals surface area contributed by atoms with E-state index in [9.17, 15) is 19.7 Å². The Morgan fingerprint density at radius 2 is 2.00 bits per heavy atom. The molecule has 0 bridgehead atoms. The number of Topliss-reactive ketones (excluding diaryl/α,β-unsaturated/α-hetero) is 1. The Labute approximate surface area is 167 Å². The number of ketones is 1. The van der Waals surface area contributed by atoms with Gasteiger partial charge in [0.25, 0.3) is 5.69 Å². The summed E-state index contributed by atoms with van der Waals surface area (Å²) in [4.78, 5) is 41.3. The van der Waals surface area contributed by atoms with E-state index in [1.54, 1.807) is 6.92 Å². The molecule has 0 N–H and O–H groups in total. The van der Waals surface area contributed by atoms with Gasteiger partial charge in [0.05, 0.1) is 23.5 Å². The van der Waals surface area contributed by atoms with Crippen molar-refractivity contribution in [2.45, 2.75) is 39.5 Å². The Kier molecular flexibility index (Phi) is 5.14. The number of nitro benzene ring substituents is 1. The molecular formula is C20H21ClN2O5. The van der Waals surface area contributed by atoms with Gasteiger partial charge in [0.2, 0.25) is 0 Å². The molecule has 7 nitrogen and oxygen atoms in total. The monoisotopic (exact) mass is 404 g/mol. The number of fused-ring (bicyclic) bond motifs is 1. The fraction of sp³-hybridized carbons (Fsp3) is 0.450. The van der Waals surface area contributed by atoms with E-state index >= 15 is 0 Å². The molecule has 1 aromatic carbocycles. The van der Waals surface area contributed by atoms with Crippen molar-refractivity contribution in [2.75, 3.05) is 7.11 Å². The fourth-order valence-electron chi connectivity index (χ4n) is 4.25. The van der Waals surface area contributed by atoms with E-state index in [1.165, 1.54) is 25.3 Å². The number of allylic oxidation sites excluding steroid dienone is 1. The molecule has 148 valence electrons. The molecule has 1 aliphatic heterocycles. The number of benzene rings is 1. The molecule has 0 aromatic heterocycles. The van der Waals surface area contributed by atoms with Gasteiger partial charge in [0.1, 0.15) is 5.78 Å². The summed E-state index contributed by atoms with van der Waals surface area (Å²) < 4.78 is 4.92. The number of nitro groups is 1. The van der Waals surface area contributed by atoms with Gasteiger partial charge < -0.3 is 4.74 Å². The summed E-state index contributed by atoms with van der Waals surface area (Å²) in [6.45, 7) is 5.62. The van der Waals surface area contributed by atoms with Crippen molar-refractivity contribution < 1.29 is 19.2 Å². The van der Waals surface area contributed by atoms with Crippen LogP contribution in [0.5, 0.6) is 0 Å². The molecule has 2 atom stereocenters. The van der Waals surface area contributed by atoms with Crippen LogP contribution < -0.4 is 0 Å². The number of nitrogens with zero attached hydrogens (tertiary/aromatic N) is 2. The van der Waals surface area contributed by atoms with Crippen molar-refractivity contribution in [1.82, 2.24) is 0 Å². The lowest BCUT2D eigenvalue weighted by molar-refractivity contribution is -0.385. The second-order valence-corrected chi connectivity index (χ2v) is 8.43. The number of rotatable bonds is 3. The lowest BCUT2D eigenvalue weighted by atomic mass is 9.63. The van der Waals surface area contributed by atoms with Crippen LogP contribution in [-0.2, 0) is 14.3 Å². The summed E-state index contributed by atoms with van der Waals surface area (Å²) in [6.07, 6.45) is 0.870. The molecule has 0 amide bonds. The number of carbonyl (C=O) groups excluding carboxylic acids is 2. The molecule has 2 unspecified atom stereocenters. The number of esters is 1. The lowest BCUT2D eigenvalue weighted by Crippen LogP contribution is -2.44. The molecular weight excluding hydrogens is 384 g/mol. The molecule has 1 aromatic rings. The molecule has 3 rings (SSSR count). The number of methoxy groups -OCH3 is 1. The average Bonchev–Trinajstić information content (AvgIpc) is 2.58. The highest BCUT2D eigenvalue weighted by molar-refractivity contribution is 6.30. The van der Waals surface area contributed by atoms with E-state index in [1.807, 2.05) is 13.8 Å². The predicted molar refractivity (Wildman–Crippen MR) is 105 cm³/mol. The Bertz CT molecular complexity index is 948. The minimum Gasteiger partial charge on any atom is -0.466 e. The van der Waals surface area contributed by atoms with Crippen LogP contribution in [0.2, 0.25) is 5.02 Å². The Morgan fingerprint density at radius 3 is 2.61 bits per heavy atom. The average molecular weight is 405 g/mol. The first-order valence-corrected chi connectivity index (χ1v) is 9.26. The topological polar surface area (TPSA) is 98.9 Å². The normalized spacial score (nSPS) is 23.8. The maximum Gasteiger partial charge on any atom is 0.336 e. The Hall–Kier alpha value is -2.54. The third-order valence-corrected chi connectivity index (χ3v) is 5.53. The quantitative estimate of drug-likeness (QED) is 0.426. The molecule has 8 heteroatoms. The summed E-state index contributed by atoms with van der Waals surface area (Å²) in [7, 11) is 1.23. The summed E-state index contributed by atoms with van der Waals surface area (Å²) in [5, 5.41) is 12.0. The van der Waals surface area contributed by atoms with Crippen LogP contribution in [0.15, 0.2) is 34.5 Å². The minimum absolute atomic E-state index is 0.0943. The zero-order valence-corrected chi connectivity index (χ0v) is 16.9. The standard InChI is InChI=1S/C20H21ClN2O5/c1-10-16(19(25)28-4)17(12-7-11(21)5-6-14(12)23(26)27)18-13(22-10)8-20(2,3)9-15(18)24/h5-7,17-18H,8-9H2,1-4H3. The number of hydrogen-bond donors (Lipinski definition) is 0. The maximum absolute atomic E-state index is 13.1. The zero-order chi connectivity index (χ0) is 20.8. The minimum atomic E-state index is -0.859. The van der Waals surface area contributed by atoms with Gasteiger partial charge in [0.15, 0.2) is 0 Å².